The molecule has 21 heavy (non-hydrogen) atoms. The summed E-state index contributed by atoms with van der Waals surface area (Å²) in [6.07, 6.45) is 2.64. The van der Waals surface area contributed by atoms with Crippen molar-refractivity contribution in [2.45, 2.75) is 45.3 Å². The Morgan fingerprint density at radius 3 is 2.95 bits per heavy atom. The van der Waals surface area contributed by atoms with E-state index in [2.05, 4.69) is 16.7 Å². The first-order chi connectivity index (χ1) is 10.2. The molecule has 0 aliphatic carbocycles. The SMILES string of the molecule is CCOc1cccc(CN2CCN3CCC[C@@H]3[C@@H]2C)c1O. The van der Waals surface area contributed by atoms with Crippen LogP contribution in [0.4, 0.5) is 0 Å². The van der Waals surface area contributed by atoms with Gasteiger partial charge in [0.1, 0.15) is 0 Å². The van der Waals surface area contributed by atoms with Crippen molar-refractivity contribution in [2.75, 3.05) is 26.2 Å². The molecule has 2 saturated heterocycles. The molecule has 0 saturated carbocycles. The number of fused-ring (bicyclic) bond motifs is 1. The van der Waals surface area contributed by atoms with Crippen molar-refractivity contribution in [1.29, 1.82) is 0 Å². The molecule has 2 heterocycles. The maximum Gasteiger partial charge on any atom is 0.162 e. The van der Waals surface area contributed by atoms with Crippen LogP contribution in [0.25, 0.3) is 0 Å². The van der Waals surface area contributed by atoms with Gasteiger partial charge in [0.2, 0.25) is 0 Å². The van der Waals surface area contributed by atoms with Gasteiger partial charge in [0.25, 0.3) is 0 Å². The van der Waals surface area contributed by atoms with Gasteiger partial charge in [-0.05, 0) is 39.3 Å². The maximum atomic E-state index is 10.4. The van der Waals surface area contributed by atoms with Crippen LogP contribution in [0, 0.1) is 0 Å². The quantitative estimate of drug-likeness (QED) is 0.924. The lowest BCUT2D eigenvalue weighted by Gasteiger charge is -2.43. The van der Waals surface area contributed by atoms with Gasteiger partial charge in [-0.2, -0.15) is 0 Å². The molecule has 0 radical (unpaired) electrons. The molecule has 0 spiro atoms. The molecule has 1 N–H and O–H groups in total. The van der Waals surface area contributed by atoms with Crippen molar-refractivity contribution in [1.82, 2.24) is 9.80 Å². The van der Waals surface area contributed by atoms with Gasteiger partial charge in [-0.1, -0.05) is 12.1 Å². The highest BCUT2D eigenvalue weighted by Crippen LogP contribution is 2.33. The van der Waals surface area contributed by atoms with E-state index in [1.807, 2.05) is 25.1 Å². The lowest BCUT2D eigenvalue weighted by molar-refractivity contribution is 0.0465. The fourth-order valence-corrected chi connectivity index (χ4v) is 3.79. The Balaban J connectivity index is 1.73. The van der Waals surface area contributed by atoms with Crippen LogP contribution in [-0.4, -0.2) is 53.2 Å². The van der Waals surface area contributed by atoms with Crippen molar-refractivity contribution < 1.29 is 9.84 Å². The number of para-hydroxylation sites is 1. The number of nitrogens with zero attached hydrogens (tertiary/aromatic N) is 2. The standard InChI is InChI=1S/C17H26N2O2/c1-3-21-16-8-4-6-14(17(16)20)12-19-11-10-18-9-5-7-15(18)13(19)2/h4,6,8,13,15,20H,3,5,7,9-12H2,1-2H3/t13-,15+/m0/s1. The monoisotopic (exact) mass is 290 g/mol. The maximum absolute atomic E-state index is 10.4. The normalized spacial score (nSPS) is 26.8. The zero-order chi connectivity index (χ0) is 14.8. The number of benzene rings is 1. The minimum Gasteiger partial charge on any atom is -0.504 e. The molecule has 1 aromatic carbocycles. The first kappa shape index (κ1) is 14.7. The van der Waals surface area contributed by atoms with Crippen LogP contribution in [-0.2, 0) is 6.54 Å². The van der Waals surface area contributed by atoms with Gasteiger partial charge in [-0.15, -0.1) is 0 Å². The Morgan fingerprint density at radius 2 is 2.14 bits per heavy atom. The van der Waals surface area contributed by atoms with Crippen LogP contribution in [0.1, 0.15) is 32.3 Å². The number of phenols is 1. The largest absolute Gasteiger partial charge is 0.504 e. The Bertz CT molecular complexity index is 492. The predicted molar refractivity (Wildman–Crippen MR) is 83.7 cm³/mol. The number of aromatic hydroxyl groups is 1. The van der Waals surface area contributed by atoms with E-state index in [1.54, 1.807) is 0 Å². The first-order valence-corrected chi connectivity index (χ1v) is 8.12. The summed E-state index contributed by atoms with van der Waals surface area (Å²) in [6.45, 7) is 9.14. The van der Waals surface area contributed by atoms with E-state index in [9.17, 15) is 5.11 Å². The average molecular weight is 290 g/mol. The molecule has 2 aliphatic rings. The molecule has 2 fully saturated rings. The zero-order valence-corrected chi connectivity index (χ0v) is 13.1. The first-order valence-electron chi connectivity index (χ1n) is 8.12. The van der Waals surface area contributed by atoms with Gasteiger partial charge in [0.05, 0.1) is 6.61 Å². The summed E-state index contributed by atoms with van der Waals surface area (Å²) >= 11 is 0. The molecule has 0 amide bonds. The molecule has 0 aromatic heterocycles. The van der Waals surface area contributed by atoms with Crippen LogP contribution < -0.4 is 4.74 Å². The molecule has 2 atom stereocenters. The lowest BCUT2D eigenvalue weighted by Crippen LogP contribution is -2.55. The number of hydrogen-bond acceptors (Lipinski definition) is 4. The second-order valence-corrected chi connectivity index (χ2v) is 6.15. The van der Waals surface area contributed by atoms with Crippen LogP contribution >= 0.6 is 0 Å². The van der Waals surface area contributed by atoms with Gasteiger partial charge >= 0.3 is 0 Å². The summed E-state index contributed by atoms with van der Waals surface area (Å²) in [7, 11) is 0. The van der Waals surface area contributed by atoms with Crippen molar-refractivity contribution >= 4 is 0 Å². The van der Waals surface area contributed by atoms with Crippen LogP contribution in [0.2, 0.25) is 0 Å². The van der Waals surface area contributed by atoms with Crippen molar-refractivity contribution in [3.63, 3.8) is 0 Å². The Kier molecular flexibility index (Phi) is 4.36. The number of hydrogen-bond donors (Lipinski definition) is 1. The Hall–Kier alpha value is -1.26. The molecule has 4 nitrogen and oxygen atoms in total. The minimum absolute atomic E-state index is 0.306. The van der Waals surface area contributed by atoms with Crippen molar-refractivity contribution in [3.8, 4) is 11.5 Å². The second-order valence-electron chi connectivity index (χ2n) is 6.15. The molecule has 116 valence electrons. The van der Waals surface area contributed by atoms with Crippen LogP contribution in [0.5, 0.6) is 11.5 Å². The van der Waals surface area contributed by atoms with Crippen molar-refractivity contribution in [2.24, 2.45) is 0 Å². The number of rotatable bonds is 4. The molecule has 0 unspecified atom stereocenters. The number of ether oxygens (including phenoxy) is 1. The number of phenolic OH excluding ortho intramolecular Hbond substituents is 1. The molecule has 1 aromatic rings. The molecule has 4 heteroatoms. The van der Waals surface area contributed by atoms with E-state index in [1.165, 1.54) is 19.4 Å². The Morgan fingerprint density at radius 1 is 1.29 bits per heavy atom. The molecule has 3 rings (SSSR count). The fraction of sp³-hybridized carbons (Fsp3) is 0.647. The summed E-state index contributed by atoms with van der Waals surface area (Å²) in [5.74, 6) is 0.905. The summed E-state index contributed by atoms with van der Waals surface area (Å²) in [5.41, 5.74) is 0.972. The van der Waals surface area contributed by atoms with E-state index in [0.29, 0.717) is 30.2 Å². The third-order valence-electron chi connectivity index (χ3n) is 4.98. The summed E-state index contributed by atoms with van der Waals surface area (Å²) in [5, 5.41) is 10.4. The lowest BCUT2D eigenvalue weighted by atomic mass is 10.0. The van der Waals surface area contributed by atoms with Gasteiger partial charge in [-0.25, -0.2) is 0 Å². The molecule has 2 aliphatic heterocycles. The molecular weight excluding hydrogens is 264 g/mol. The van der Waals surface area contributed by atoms with E-state index in [0.717, 1.165) is 25.2 Å². The van der Waals surface area contributed by atoms with Gasteiger partial charge in [0.15, 0.2) is 11.5 Å². The third kappa shape index (κ3) is 2.87. The van der Waals surface area contributed by atoms with E-state index in [-0.39, 0.29) is 0 Å². The van der Waals surface area contributed by atoms with Crippen LogP contribution in [0.3, 0.4) is 0 Å². The second kappa shape index (κ2) is 6.24. The molecule has 0 bridgehead atoms. The fourth-order valence-electron chi connectivity index (χ4n) is 3.79. The highest BCUT2D eigenvalue weighted by atomic mass is 16.5. The van der Waals surface area contributed by atoms with Gasteiger partial charge in [-0.3, -0.25) is 9.80 Å². The smallest absolute Gasteiger partial charge is 0.162 e. The van der Waals surface area contributed by atoms with Gasteiger partial charge in [0, 0.05) is 37.3 Å². The predicted octanol–water partition coefficient (Wildman–Crippen LogP) is 2.46. The zero-order valence-electron chi connectivity index (χ0n) is 13.1. The topological polar surface area (TPSA) is 35.9 Å². The summed E-state index contributed by atoms with van der Waals surface area (Å²) < 4.78 is 5.49. The Labute approximate surface area is 127 Å². The summed E-state index contributed by atoms with van der Waals surface area (Å²) in [6, 6.07) is 7.05. The number of piperazine rings is 1. The highest BCUT2D eigenvalue weighted by Gasteiger charge is 2.36. The van der Waals surface area contributed by atoms with Gasteiger partial charge < -0.3 is 9.84 Å². The third-order valence-corrected chi connectivity index (χ3v) is 4.98. The van der Waals surface area contributed by atoms with E-state index < -0.39 is 0 Å². The highest BCUT2D eigenvalue weighted by molar-refractivity contribution is 5.45. The van der Waals surface area contributed by atoms with Crippen molar-refractivity contribution in [3.05, 3.63) is 23.8 Å². The van der Waals surface area contributed by atoms with Crippen LogP contribution in [0.15, 0.2) is 18.2 Å². The molecular formula is C17H26N2O2. The summed E-state index contributed by atoms with van der Waals surface area (Å²) in [4.78, 5) is 5.12. The minimum atomic E-state index is 0.306. The van der Waals surface area contributed by atoms with E-state index in [4.69, 9.17) is 4.74 Å². The van der Waals surface area contributed by atoms with E-state index >= 15 is 0 Å². The average Bonchev–Trinajstić information content (AvgIpc) is 2.95.